The second kappa shape index (κ2) is 6.21. The quantitative estimate of drug-likeness (QED) is 0.796. The van der Waals surface area contributed by atoms with E-state index in [9.17, 15) is 5.11 Å². The molecule has 2 spiro atoms. The maximum atomic E-state index is 9.90. The summed E-state index contributed by atoms with van der Waals surface area (Å²) >= 11 is 0. The van der Waals surface area contributed by atoms with E-state index in [4.69, 9.17) is 18.9 Å². The number of ether oxygens (including phenoxy) is 4. The van der Waals surface area contributed by atoms with Crippen LogP contribution >= 0.6 is 0 Å². The molecule has 3 atom stereocenters. The van der Waals surface area contributed by atoms with Gasteiger partial charge in [-0.15, -0.1) is 0 Å². The molecule has 0 aromatic heterocycles. The predicted molar refractivity (Wildman–Crippen MR) is 99.3 cm³/mol. The molecule has 1 fully saturated rings. The zero-order valence-electron chi connectivity index (χ0n) is 15.9. The molecule has 0 bridgehead atoms. The molecule has 27 heavy (non-hydrogen) atoms. The van der Waals surface area contributed by atoms with Gasteiger partial charge in [0.2, 0.25) is 5.79 Å². The minimum absolute atomic E-state index is 0.103. The lowest BCUT2D eigenvalue weighted by molar-refractivity contribution is -0.195. The Morgan fingerprint density at radius 1 is 1.30 bits per heavy atom. The maximum Gasteiger partial charge on any atom is 0.227 e. The lowest BCUT2D eigenvalue weighted by Crippen LogP contribution is -2.58. The van der Waals surface area contributed by atoms with Gasteiger partial charge in [-0.3, -0.25) is 0 Å². The van der Waals surface area contributed by atoms with E-state index in [1.165, 1.54) is 11.1 Å². The van der Waals surface area contributed by atoms with E-state index in [2.05, 4.69) is 24.1 Å². The van der Waals surface area contributed by atoms with Crippen molar-refractivity contribution in [3.8, 4) is 11.5 Å². The highest BCUT2D eigenvalue weighted by Gasteiger charge is 2.63. The second-order valence-electron chi connectivity index (χ2n) is 8.08. The summed E-state index contributed by atoms with van der Waals surface area (Å²) in [5.41, 5.74) is 2.23. The monoisotopic (exact) mass is 373 g/mol. The van der Waals surface area contributed by atoms with Gasteiger partial charge in [-0.05, 0) is 50.6 Å². The molecule has 5 rings (SSSR count). The third kappa shape index (κ3) is 2.34. The molecule has 4 aliphatic rings. The minimum Gasteiger partial charge on any atom is -0.493 e. The van der Waals surface area contributed by atoms with Gasteiger partial charge in [0.05, 0.1) is 26.9 Å². The van der Waals surface area contributed by atoms with Gasteiger partial charge in [-0.2, -0.15) is 0 Å². The molecule has 1 N–H and O–H groups in total. The van der Waals surface area contributed by atoms with E-state index in [1.54, 1.807) is 7.11 Å². The highest BCUT2D eigenvalue weighted by Crippen LogP contribution is 2.59. The van der Waals surface area contributed by atoms with Crippen LogP contribution in [0.3, 0.4) is 0 Å². The lowest BCUT2D eigenvalue weighted by Gasteiger charge is -2.46. The molecule has 1 saturated heterocycles. The van der Waals surface area contributed by atoms with E-state index in [0.29, 0.717) is 13.2 Å². The first-order chi connectivity index (χ1) is 13.1. The summed E-state index contributed by atoms with van der Waals surface area (Å²) in [6, 6.07) is 4.21. The number of allylic oxidation sites excluding steroid dienone is 1. The van der Waals surface area contributed by atoms with Crippen LogP contribution in [0.2, 0.25) is 0 Å². The molecule has 1 aliphatic carbocycles. The standard InChI is InChI=1S/C21H27NO5/c1-22-9-8-20-6-3-7-21(25-10-11-26-21)19(20)27-18-16(24-2)5-4-14(17(18)20)12-15(22)13-23/h3-5,7,15,19,23H,6,8-13H2,1-2H3/t15?,19?,20-/m1/s1. The van der Waals surface area contributed by atoms with Gasteiger partial charge >= 0.3 is 0 Å². The molecule has 0 amide bonds. The fourth-order valence-corrected chi connectivity index (χ4v) is 5.38. The zero-order valence-corrected chi connectivity index (χ0v) is 15.9. The van der Waals surface area contributed by atoms with Crippen LogP contribution in [0.15, 0.2) is 24.3 Å². The summed E-state index contributed by atoms with van der Waals surface area (Å²) < 4.78 is 24.4. The van der Waals surface area contributed by atoms with Crippen molar-refractivity contribution >= 4 is 0 Å². The predicted octanol–water partition coefficient (Wildman–Crippen LogP) is 1.64. The normalized spacial score (nSPS) is 33.9. The van der Waals surface area contributed by atoms with Crippen LogP contribution in [0.5, 0.6) is 11.5 Å². The summed E-state index contributed by atoms with van der Waals surface area (Å²) in [6.07, 6.45) is 6.58. The van der Waals surface area contributed by atoms with E-state index in [1.807, 2.05) is 12.1 Å². The molecular formula is C21H27NO5. The number of nitrogens with zero attached hydrogens (tertiary/aromatic N) is 1. The summed E-state index contributed by atoms with van der Waals surface area (Å²) in [5.74, 6) is 0.752. The minimum atomic E-state index is -0.826. The molecule has 146 valence electrons. The number of rotatable bonds is 2. The van der Waals surface area contributed by atoms with Crippen molar-refractivity contribution < 1.29 is 24.1 Å². The molecule has 0 saturated carbocycles. The molecule has 1 aromatic carbocycles. The van der Waals surface area contributed by atoms with Gasteiger partial charge in [0.25, 0.3) is 0 Å². The van der Waals surface area contributed by atoms with Crippen molar-refractivity contribution in [1.29, 1.82) is 0 Å². The lowest BCUT2D eigenvalue weighted by atomic mass is 9.64. The number of hydrogen-bond donors (Lipinski definition) is 1. The average Bonchev–Trinajstić information content (AvgIpc) is 3.28. The van der Waals surface area contributed by atoms with Crippen molar-refractivity contribution in [2.75, 3.05) is 40.5 Å². The molecule has 2 unspecified atom stereocenters. The van der Waals surface area contributed by atoms with Gasteiger partial charge in [-0.25, -0.2) is 0 Å². The number of methoxy groups -OCH3 is 1. The van der Waals surface area contributed by atoms with Crippen LogP contribution in [-0.2, 0) is 21.3 Å². The Kier molecular flexibility index (Phi) is 4.02. The summed E-state index contributed by atoms with van der Waals surface area (Å²) in [5, 5.41) is 9.90. The van der Waals surface area contributed by atoms with Crippen LogP contribution in [0, 0.1) is 0 Å². The van der Waals surface area contributed by atoms with Crippen LogP contribution in [-0.4, -0.2) is 68.5 Å². The Bertz CT molecular complexity index is 772. The van der Waals surface area contributed by atoms with Gasteiger partial charge in [0.1, 0.15) is 0 Å². The number of aliphatic hydroxyl groups is 1. The van der Waals surface area contributed by atoms with Crippen molar-refractivity contribution in [1.82, 2.24) is 4.90 Å². The fourth-order valence-electron chi connectivity index (χ4n) is 5.38. The zero-order chi connectivity index (χ0) is 18.6. The van der Waals surface area contributed by atoms with Crippen LogP contribution < -0.4 is 9.47 Å². The summed E-state index contributed by atoms with van der Waals surface area (Å²) in [6.45, 7) is 2.18. The Balaban J connectivity index is 1.71. The van der Waals surface area contributed by atoms with E-state index in [-0.39, 0.29) is 24.2 Å². The maximum absolute atomic E-state index is 9.90. The molecule has 6 nitrogen and oxygen atoms in total. The van der Waals surface area contributed by atoms with E-state index in [0.717, 1.165) is 37.3 Å². The van der Waals surface area contributed by atoms with E-state index < -0.39 is 5.79 Å². The summed E-state index contributed by atoms with van der Waals surface area (Å²) in [4.78, 5) is 2.26. The van der Waals surface area contributed by atoms with Crippen molar-refractivity contribution in [3.05, 3.63) is 35.4 Å². The topological polar surface area (TPSA) is 60.4 Å². The van der Waals surface area contributed by atoms with E-state index >= 15 is 0 Å². The van der Waals surface area contributed by atoms with Crippen molar-refractivity contribution in [3.63, 3.8) is 0 Å². The molecule has 1 aromatic rings. The number of aliphatic hydroxyl groups excluding tert-OH is 1. The largest absolute Gasteiger partial charge is 0.493 e. The first-order valence-electron chi connectivity index (χ1n) is 9.77. The number of fused-ring (bicyclic) bond motifs is 1. The molecule has 6 heteroatoms. The number of hydrogen-bond acceptors (Lipinski definition) is 6. The van der Waals surface area contributed by atoms with Crippen molar-refractivity contribution in [2.24, 2.45) is 0 Å². The highest BCUT2D eigenvalue weighted by atomic mass is 16.8. The number of benzene rings is 1. The number of likely N-dealkylation sites (N-methyl/N-ethyl adjacent to an activating group) is 1. The molecule has 3 heterocycles. The molecule has 3 aliphatic heterocycles. The van der Waals surface area contributed by atoms with Crippen molar-refractivity contribution in [2.45, 2.75) is 42.6 Å². The van der Waals surface area contributed by atoms with Gasteiger partial charge in [0, 0.05) is 17.0 Å². The van der Waals surface area contributed by atoms with Crippen LogP contribution in [0.4, 0.5) is 0 Å². The van der Waals surface area contributed by atoms with Gasteiger partial charge in [0.15, 0.2) is 17.6 Å². The summed E-state index contributed by atoms with van der Waals surface area (Å²) in [7, 11) is 3.77. The highest BCUT2D eigenvalue weighted by molar-refractivity contribution is 5.60. The fraction of sp³-hybridized carbons (Fsp3) is 0.619. The van der Waals surface area contributed by atoms with Crippen LogP contribution in [0.1, 0.15) is 24.0 Å². The third-order valence-corrected chi connectivity index (χ3v) is 6.80. The van der Waals surface area contributed by atoms with Gasteiger partial charge in [-0.1, -0.05) is 12.1 Å². The average molecular weight is 373 g/mol. The Hall–Kier alpha value is -1.60. The third-order valence-electron chi connectivity index (χ3n) is 6.80. The van der Waals surface area contributed by atoms with Crippen LogP contribution in [0.25, 0.3) is 0 Å². The Morgan fingerprint density at radius 2 is 2.11 bits per heavy atom. The Labute approximate surface area is 159 Å². The molecular weight excluding hydrogens is 346 g/mol. The first-order valence-corrected chi connectivity index (χ1v) is 9.77. The van der Waals surface area contributed by atoms with Gasteiger partial charge < -0.3 is 29.0 Å². The smallest absolute Gasteiger partial charge is 0.227 e. The second-order valence-corrected chi connectivity index (χ2v) is 8.08. The SMILES string of the molecule is COc1ccc2c3c1OC1C4(C=CC[C@@]31CCN(C)C(CO)C2)OCCO4. The first kappa shape index (κ1) is 17.5. The molecule has 0 radical (unpaired) electrons. The Morgan fingerprint density at radius 3 is 2.85 bits per heavy atom.